The maximum atomic E-state index is 13.4. The zero-order valence-corrected chi connectivity index (χ0v) is 23.2. The minimum atomic E-state index is -1.18. The number of amides is 3. The third-order valence-corrected chi connectivity index (χ3v) is 7.05. The Morgan fingerprint density at radius 2 is 1.79 bits per heavy atom. The topological polar surface area (TPSA) is 168 Å². The molecule has 0 radical (unpaired) electrons. The molecule has 0 bridgehead atoms. The molecule has 1 heterocycles. The van der Waals surface area contributed by atoms with E-state index >= 15 is 0 Å². The van der Waals surface area contributed by atoms with Gasteiger partial charge in [0, 0.05) is 18.9 Å². The Bertz CT molecular complexity index is 1000. The number of nitrogens with one attached hydrogen (secondary N) is 2. The van der Waals surface area contributed by atoms with E-state index in [4.69, 9.17) is 10.5 Å². The third kappa shape index (κ3) is 9.65. The van der Waals surface area contributed by atoms with Crippen molar-refractivity contribution in [3.8, 4) is 0 Å². The Kier molecular flexibility index (Phi) is 12.4. The fourth-order valence-corrected chi connectivity index (χ4v) is 4.46. The van der Waals surface area contributed by atoms with Gasteiger partial charge in [-0.1, -0.05) is 64.4 Å². The highest BCUT2D eigenvalue weighted by Gasteiger charge is 2.41. The van der Waals surface area contributed by atoms with Gasteiger partial charge in [-0.15, -0.1) is 0 Å². The molecule has 5 N–H and O–H groups in total. The van der Waals surface area contributed by atoms with Crippen molar-refractivity contribution in [2.45, 2.75) is 84.0 Å². The number of likely N-dealkylation sites (tertiary alicyclic amines) is 1. The van der Waals surface area contributed by atoms with E-state index in [1.165, 1.54) is 4.90 Å². The van der Waals surface area contributed by atoms with Crippen molar-refractivity contribution in [2.24, 2.45) is 17.6 Å². The van der Waals surface area contributed by atoms with Gasteiger partial charge < -0.3 is 31.1 Å². The number of nitrogens with zero attached hydrogens (tertiary/aromatic N) is 1. The van der Waals surface area contributed by atoms with E-state index in [1.54, 1.807) is 38.1 Å². The average Bonchev–Trinajstić information content (AvgIpc) is 3.39. The minimum Gasteiger partial charge on any atom is -0.481 e. The number of esters is 1. The van der Waals surface area contributed by atoms with E-state index in [9.17, 15) is 29.1 Å². The van der Waals surface area contributed by atoms with Crippen LogP contribution in [-0.4, -0.2) is 77.0 Å². The fraction of sp³-hybridized carbons (Fsp3) is 0.607. The number of ether oxygens (including phenoxy) is 1. The molecular formula is C28H42N4O7. The van der Waals surface area contributed by atoms with Crippen LogP contribution in [0.15, 0.2) is 30.3 Å². The highest BCUT2D eigenvalue weighted by atomic mass is 16.5. The molecule has 39 heavy (non-hydrogen) atoms. The molecule has 2 rings (SSSR count). The lowest BCUT2D eigenvalue weighted by molar-refractivity contribution is -0.162. The van der Waals surface area contributed by atoms with Gasteiger partial charge >= 0.3 is 11.9 Å². The van der Waals surface area contributed by atoms with Crippen LogP contribution in [0.5, 0.6) is 0 Å². The van der Waals surface area contributed by atoms with Crippen molar-refractivity contribution in [3.63, 3.8) is 0 Å². The molecule has 216 valence electrons. The van der Waals surface area contributed by atoms with Crippen LogP contribution < -0.4 is 16.4 Å². The molecule has 1 aliphatic heterocycles. The monoisotopic (exact) mass is 546 g/mol. The number of carboxylic acid groups (broad SMARTS) is 1. The van der Waals surface area contributed by atoms with Gasteiger partial charge in [0.2, 0.25) is 17.7 Å². The van der Waals surface area contributed by atoms with E-state index in [2.05, 4.69) is 10.6 Å². The lowest BCUT2D eigenvalue weighted by atomic mass is 9.97. The smallest absolute Gasteiger partial charge is 0.329 e. The molecule has 5 atom stereocenters. The first kappa shape index (κ1) is 31.7. The summed E-state index contributed by atoms with van der Waals surface area (Å²) in [6, 6.07) is 6.44. The highest BCUT2D eigenvalue weighted by Crippen LogP contribution is 2.26. The van der Waals surface area contributed by atoms with Gasteiger partial charge in [0.25, 0.3) is 0 Å². The molecule has 5 unspecified atom stereocenters. The largest absolute Gasteiger partial charge is 0.481 e. The number of hydrogen-bond donors (Lipinski definition) is 4. The lowest BCUT2D eigenvalue weighted by Gasteiger charge is -2.34. The van der Waals surface area contributed by atoms with Gasteiger partial charge in [0.15, 0.2) is 0 Å². The summed E-state index contributed by atoms with van der Waals surface area (Å²) >= 11 is 0. The molecule has 1 fully saturated rings. The van der Waals surface area contributed by atoms with Crippen LogP contribution in [0, 0.1) is 11.8 Å². The zero-order valence-electron chi connectivity index (χ0n) is 23.2. The van der Waals surface area contributed by atoms with Gasteiger partial charge in [-0.25, -0.2) is 4.79 Å². The van der Waals surface area contributed by atoms with E-state index in [-0.39, 0.29) is 36.6 Å². The molecule has 3 amide bonds. The molecular weight excluding hydrogens is 504 g/mol. The van der Waals surface area contributed by atoms with Crippen molar-refractivity contribution in [1.82, 2.24) is 15.5 Å². The molecule has 1 saturated heterocycles. The second kappa shape index (κ2) is 15.2. The molecule has 0 aromatic heterocycles. The van der Waals surface area contributed by atoms with Crippen LogP contribution in [0.1, 0.15) is 58.9 Å². The molecule has 1 aromatic carbocycles. The number of rotatable bonds is 14. The predicted octanol–water partition coefficient (Wildman–Crippen LogP) is 1.24. The van der Waals surface area contributed by atoms with Crippen molar-refractivity contribution < 1.29 is 33.8 Å². The summed E-state index contributed by atoms with van der Waals surface area (Å²) in [6.07, 6.45) is 0.252. The maximum absolute atomic E-state index is 13.4. The Morgan fingerprint density at radius 3 is 2.38 bits per heavy atom. The fourth-order valence-electron chi connectivity index (χ4n) is 4.46. The number of nitrogens with two attached hydrogens (primary N) is 1. The quantitative estimate of drug-likeness (QED) is 0.253. The molecule has 0 spiro atoms. The SMILES string of the molecule is CCC(C)C(N)C(=O)N1CCCC1C(CC(=O)O)OC(=O)C(Cc1ccccc1)NC(=O)CNC(=O)C(C)C. The molecule has 0 saturated carbocycles. The highest BCUT2D eigenvalue weighted by molar-refractivity contribution is 5.89. The van der Waals surface area contributed by atoms with Crippen LogP contribution in [0.4, 0.5) is 0 Å². The van der Waals surface area contributed by atoms with Crippen molar-refractivity contribution in [3.05, 3.63) is 35.9 Å². The zero-order chi connectivity index (χ0) is 29.1. The molecule has 11 nitrogen and oxygen atoms in total. The Balaban J connectivity index is 2.23. The van der Waals surface area contributed by atoms with Crippen LogP contribution in [0.25, 0.3) is 0 Å². The average molecular weight is 547 g/mol. The number of carbonyl (C=O) groups is 5. The summed E-state index contributed by atoms with van der Waals surface area (Å²) in [7, 11) is 0. The first-order valence-corrected chi connectivity index (χ1v) is 13.5. The van der Waals surface area contributed by atoms with Crippen molar-refractivity contribution in [2.75, 3.05) is 13.1 Å². The summed E-state index contributed by atoms with van der Waals surface area (Å²) in [5.74, 6) is -3.58. The van der Waals surface area contributed by atoms with Gasteiger partial charge in [0.1, 0.15) is 12.1 Å². The van der Waals surface area contributed by atoms with E-state index in [0.29, 0.717) is 25.8 Å². The van der Waals surface area contributed by atoms with E-state index in [1.807, 2.05) is 19.9 Å². The van der Waals surface area contributed by atoms with E-state index < -0.39 is 48.5 Å². The molecule has 11 heteroatoms. The van der Waals surface area contributed by atoms with E-state index in [0.717, 1.165) is 5.56 Å². The summed E-state index contributed by atoms with van der Waals surface area (Å²) in [5.41, 5.74) is 6.93. The second-order valence-electron chi connectivity index (χ2n) is 10.4. The summed E-state index contributed by atoms with van der Waals surface area (Å²) in [5, 5.41) is 14.7. The number of carboxylic acids is 1. The third-order valence-electron chi connectivity index (χ3n) is 7.05. The van der Waals surface area contributed by atoms with Crippen LogP contribution in [0.2, 0.25) is 0 Å². The first-order chi connectivity index (χ1) is 18.4. The summed E-state index contributed by atoms with van der Waals surface area (Å²) < 4.78 is 5.73. The normalized spacial score (nSPS) is 18.1. The Hall–Kier alpha value is -3.47. The second-order valence-corrected chi connectivity index (χ2v) is 10.4. The van der Waals surface area contributed by atoms with Gasteiger partial charge in [-0.2, -0.15) is 0 Å². The van der Waals surface area contributed by atoms with Crippen molar-refractivity contribution >= 4 is 29.7 Å². The van der Waals surface area contributed by atoms with Gasteiger partial charge in [0.05, 0.1) is 25.0 Å². The van der Waals surface area contributed by atoms with Gasteiger partial charge in [-0.05, 0) is 24.3 Å². The predicted molar refractivity (Wildman–Crippen MR) is 144 cm³/mol. The molecule has 1 aliphatic rings. The summed E-state index contributed by atoms with van der Waals surface area (Å²) in [4.78, 5) is 64.3. The van der Waals surface area contributed by atoms with Crippen LogP contribution in [0.3, 0.4) is 0 Å². The van der Waals surface area contributed by atoms with Crippen molar-refractivity contribution in [1.29, 1.82) is 0 Å². The van der Waals surface area contributed by atoms with Gasteiger partial charge in [-0.3, -0.25) is 19.2 Å². The number of aliphatic carboxylic acids is 1. The molecule has 1 aromatic rings. The Morgan fingerprint density at radius 1 is 1.13 bits per heavy atom. The maximum Gasteiger partial charge on any atom is 0.329 e. The Labute approximate surface area is 229 Å². The van der Waals surface area contributed by atoms with Crippen LogP contribution in [-0.2, 0) is 35.1 Å². The first-order valence-electron chi connectivity index (χ1n) is 13.5. The summed E-state index contributed by atoms with van der Waals surface area (Å²) in [6.45, 7) is 7.26. The number of hydrogen-bond acceptors (Lipinski definition) is 7. The lowest BCUT2D eigenvalue weighted by Crippen LogP contribution is -2.54. The van der Waals surface area contributed by atoms with Crippen LogP contribution >= 0.6 is 0 Å². The standard InChI is InChI=1S/C28H42N4O7/c1-5-18(4)25(29)27(37)32-13-9-12-21(32)22(15-24(34)35)39-28(38)20(14-19-10-7-6-8-11-19)31-23(33)16-30-26(36)17(2)3/h6-8,10-11,17-18,20-22,25H,5,9,12-16,29H2,1-4H3,(H,30,36)(H,31,33)(H,34,35). The minimum absolute atomic E-state index is 0.0686. The number of carbonyl (C=O) groups excluding carboxylic acids is 4. The molecule has 0 aliphatic carbocycles. The number of benzene rings is 1.